The van der Waals surface area contributed by atoms with Crippen molar-refractivity contribution in [1.82, 2.24) is 0 Å². The van der Waals surface area contributed by atoms with Crippen molar-refractivity contribution in [3.63, 3.8) is 0 Å². The van der Waals surface area contributed by atoms with Crippen LogP contribution in [0.3, 0.4) is 0 Å². The molecule has 2 fully saturated rings. The molecule has 0 radical (unpaired) electrons. The van der Waals surface area contributed by atoms with Crippen molar-refractivity contribution >= 4 is 19.2 Å². The third-order valence-electron chi connectivity index (χ3n) is 3.60. The van der Waals surface area contributed by atoms with Crippen LogP contribution in [0.15, 0.2) is 0 Å². The quantitative estimate of drug-likeness (QED) is 0.582. The van der Waals surface area contributed by atoms with Crippen molar-refractivity contribution in [2.75, 3.05) is 6.61 Å². The van der Waals surface area contributed by atoms with Crippen LogP contribution in [0.25, 0.3) is 0 Å². The number of aliphatic hydroxyl groups is 3. The summed E-state index contributed by atoms with van der Waals surface area (Å²) < 4.78 is 18.6. The van der Waals surface area contributed by atoms with Crippen molar-refractivity contribution in [2.24, 2.45) is 0 Å². The molecule has 0 aromatic carbocycles. The van der Waals surface area contributed by atoms with Crippen LogP contribution in [0.2, 0.25) is 8.87 Å². The van der Waals surface area contributed by atoms with Crippen LogP contribution in [-0.4, -0.2) is 71.8 Å². The summed E-state index contributed by atoms with van der Waals surface area (Å²) in [5.74, 6) is 0. The SMILES string of the molecule is C[CH2][Sn]1([CH2]C)[O][C@H]2[C@H](O)[C@@H](CO)O[C@@H](O)[C@H]2[O]1. The Morgan fingerprint density at radius 3 is 2.18 bits per heavy atom. The minimum atomic E-state index is -3.11. The van der Waals surface area contributed by atoms with E-state index in [9.17, 15) is 10.2 Å². The van der Waals surface area contributed by atoms with Gasteiger partial charge in [-0.05, 0) is 0 Å². The van der Waals surface area contributed by atoms with Crippen LogP contribution in [0, 0.1) is 0 Å². The molecule has 0 aromatic heterocycles. The van der Waals surface area contributed by atoms with Crippen molar-refractivity contribution in [1.29, 1.82) is 0 Å². The standard InChI is InChI=1S/C6H10O6.2C2H5.Sn/c7-1-2-3(8)4(9)5(10)6(11)12-2;2*1-2;/h2-8,11H,1H2;2*1H2,2H3;/q-2;;;+2/t2-,3-,4+,5+,6-;;;/m1.../s1. The number of hydrogen-bond acceptors (Lipinski definition) is 6. The predicted molar refractivity (Wildman–Crippen MR) is 60.4 cm³/mol. The normalized spacial score (nSPS) is 44.6. The van der Waals surface area contributed by atoms with Gasteiger partial charge in [0, 0.05) is 0 Å². The van der Waals surface area contributed by atoms with Crippen molar-refractivity contribution < 1.29 is 26.2 Å². The van der Waals surface area contributed by atoms with Gasteiger partial charge in [-0.15, -0.1) is 0 Å². The number of rotatable bonds is 3. The fourth-order valence-electron chi connectivity index (χ4n) is 2.43. The molecule has 0 spiro atoms. The summed E-state index contributed by atoms with van der Waals surface area (Å²) >= 11 is -3.11. The van der Waals surface area contributed by atoms with Gasteiger partial charge in [0.15, 0.2) is 0 Å². The molecule has 6 nitrogen and oxygen atoms in total. The fourth-order valence-corrected chi connectivity index (χ4v) is 10.2. The summed E-state index contributed by atoms with van der Waals surface area (Å²) in [6.07, 6.45) is -4.04. The molecule has 2 heterocycles. The molecule has 0 aromatic rings. The zero-order valence-electron chi connectivity index (χ0n) is 10.1. The van der Waals surface area contributed by atoms with Crippen LogP contribution in [0.1, 0.15) is 13.8 Å². The topological polar surface area (TPSA) is 88.4 Å². The Morgan fingerprint density at radius 2 is 1.65 bits per heavy atom. The first-order valence-electron chi connectivity index (χ1n) is 6.05. The summed E-state index contributed by atoms with van der Waals surface area (Å²) in [6, 6.07) is 0. The molecule has 100 valence electrons. The van der Waals surface area contributed by atoms with Crippen LogP contribution in [-0.2, 0) is 10.9 Å². The molecule has 3 N–H and O–H groups in total. The Bertz CT molecular complexity index is 272. The molecule has 2 saturated heterocycles. The van der Waals surface area contributed by atoms with Gasteiger partial charge in [-0.3, -0.25) is 0 Å². The van der Waals surface area contributed by atoms with Crippen LogP contribution >= 0.6 is 0 Å². The number of fused-ring (bicyclic) bond motifs is 1. The summed E-state index contributed by atoms with van der Waals surface area (Å²) in [5.41, 5.74) is 0. The first kappa shape index (κ1) is 14.0. The minimum absolute atomic E-state index is 0.342. The summed E-state index contributed by atoms with van der Waals surface area (Å²) in [5, 5.41) is 28.9. The Balaban J connectivity index is 2.17. The maximum absolute atomic E-state index is 10.0. The maximum atomic E-state index is 10.0. The van der Waals surface area contributed by atoms with Gasteiger partial charge in [-0.2, -0.15) is 0 Å². The predicted octanol–water partition coefficient (Wildman–Crippen LogP) is -0.677. The first-order chi connectivity index (χ1) is 8.06. The van der Waals surface area contributed by atoms with Gasteiger partial charge >= 0.3 is 105 Å². The molecule has 0 saturated carbocycles. The van der Waals surface area contributed by atoms with Crippen molar-refractivity contribution in [3.8, 4) is 0 Å². The van der Waals surface area contributed by atoms with E-state index < -0.39 is 49.9 Å². The number of ether oxygens (including phenoxy) is 1. The van der Waals surface area contributed by atoms with Gasteiger partial charge in [-0.1, -0.05) is 0 Å². The van der Waals surface area contributed by atoms with E-state index in [1.54, 1.807) is 0 Å². The Hall–Kier alpha value is 0.559. The second kappa shape index (κ2) is 5.28. The molecule has 2 aliphatic rings. The van der Waals surface area contributed by atoms with Gasteiger partial charge in [-0.25, -0.2) is 0 Å². The fraction of sp³-hybridized carbons (Fsp3) is 1.00. The molecule has 7 heteroatoms. The van der Waals surface area contributed by atoms with E-state index in [1.807, 2.05) is 13.8 Å². The molecule has 0 amide bonds. The van der Waals surface area contributed by atoms with E-state index in [2.05, 4.69) is 0 Å². The monoisotopic (exact) mass is 356 g/mol. The van der Waals surface area contributed by atoms with Crippen LogP contribution in [0.5, 0.6) is 0 Å². The van der Waals surface area contributed by atoms with Crippen LogP contribution in [0.4, 0.5) is 0 Å². The zero-order valence-corrected chi connectivity index (χ0v) is 12.9. The second-order valence-corrected chi connectivity index (χ2v) is 15.1. The van der Waals surface area contributed by atoms with E-state index in [0.717, 1.165) is 8.87 Å². The average Bonchev–Trinajstić information content (AvgIpc) is 2.75. The van der Waals surface area contributed by atoms with Gasteiger partial charge in [0.1, 0.15) is 0 Å². The third-order valence-corrected chi connectivity index (χ3v) is 13.8. The van der Waals surface area contributed by atoms with Crippen molar-refractivity contribution in [3.05, 3.63) is 0 Å². The van der Waals surface area contributed by atoms with Crippen LogP contribution < -0.4 is 0 Å². The molecule has 0 bridgehead atoms. The molecule has 0 unspecified atom stereocenters. The Labute approximate surface area is 105 Å². The van der Waals surface area contributed by atoms with E-state index in [4.69, 9.17) is 16.0 Å². The molecule has 5 atom stereocenters. The third kappa shape index (κ3) is 2.36. The Kier molecular flexibility index (Phi) is 4.34. The van der Waals surface area contributed by atoms with Gasteiger partial charge in [0.2, 0.25) is 0 Å². The van der Waals surface area contributed by atoms with E-state index in [-0.39, 0.29) is 6.61 Å². The van der Waals surface area contributed by atoms with Gasteiger partial charge < -0.3 is 0 Å². The molecule has 0 aliphatic carbocycles. The van der Waals surface area contributed by atoms with Gasteiger partial charge in [0.05, 0.1) is 0 Å². The van der Waals surface area contributed by atoms with Gasteiger partial charge in [0.25, 0.3) is 0 Å². The molecule has 2 rings (SSSR count). The Morgan fingerprint density at radius 1 is 1.06 bits per heavy atom. The average molecular weight is 355 g/mol. The summed E-state index contributed by atoms with van der Waals surface area (Å²) in [6.45, 7) is 3.69. The van der Waals surface area contributed by atoms with E-state index in [1.165, 1.54) is 0 Å². The molecule has 2 aliphatic heterocycles. The summed E-state index contributed by atoms with van der Waals surface area (Å²) in [7, 11) is 0. The molecular formula is C10H20O6Sn. The van der Waals surface area contributed by atoms with Crippen molar-refractivity contribution in [2.45, 2.75) is 53.4 Å². The van der Waals surface area contributed by atoms with E-state index in [0.29, 0.717) is 0 Å². The summed E-state index contributed by atoms with van der Waals surface area (Å²) in [4.78, 5) is 0. The molecular weight excluding hydrogens is 335 g/mol. The molecule has 17 heavy (non-hydrogen) atoms. The van der Waals surface area contributed by atoms with E-state index >= 15 is 0 Å². The number of aliphatic hydroxyl groups excluding tert-OH is 3. The first-order valence-corrected chi connectivity index (χ1v) is 12.4. The zero-order chi connectivity index (χ0) is 12.6. The second-order valence-electron chi connectivity index (χ2n) is 4.52. The number of hydrogen-bond donors (Lipinski definition) is 3.